The summed E-state index contributed by atoms with van der Waals surface area (Å²) in [6.45, 7) is 0.468. The number of hydrogen-bond acceptors (Lipinski definition) is 3. The molecule has 3 aromatic rings. The van der Waals surface area contributed by atoms with E-state index in [0.29, 0.717) is 29.1 Å². The summed E-state index contributed by atoms with van der Waals surface area (Å²) in [5.74, 6) is 0.309. The van der Waals surface area contributed by atoms with Crippen molar-refractivity contribution in [1.29, 1.82) is 0 Å². The molecule has 0 aliphatic rings. The molecule has 136 valence electrons. The summed E-state index contributed by atoms with van der Waals surface area (Å²) in [5, 5.41) is 5.68. The Labute approximate surface area is 158 Å². The van der Waals surface area contributed by atoms with Gasteiger partial charge in [0, 0.05) is 23.4 Å². The van der Waals surface area contributed by atoms with Gasteiger partial charge in [-0.2, -0.15) is 0 Å². The summed E-state index contributed by atoms with van der Waals surface area (Å²) in [6, 6.07) is 23.3. The number of carbonyl (C=O) groups excluding carboxylic acids is 2. The van der Waals surface area contributed by atoms with Crippen LogP contribution in [0.1, 0.15) is 26.3 Å². The zero-order chi connectivity index (χ0) is 19.1. The van der Waals surface area contributed by atoms with E-state index in [4.69, 9.17) is 4.74 Å². The third kappa shape index (κ3) is 4.95. The first-order valence-electron chi connectivity index (χ1n) is 8.53. The van der Waals surface area contributed by atoms with Gasteiger partial charge in [0.25, 0.3) is 11.8 Å². The van der Waals surface area contributed by atoms with Crippen LogP contribution in [-0.2, 0) is 6.54 Å². The van der Waals surface area contributed by atoms with Crippen LogP contribution in [0.5, 0.6) is 5.75 Å². The van der Waals surface area contributed by atoms with Gasteiger partial charge in [0.05, 0.1) is 7.11 Å². The molecule has 0 heterocycles. The van der Waals surface area contributed by atoms with Gasteiger partial charge in [-0.3, -0.25) is 9.59 Å². The van der Waals surface area contributed by atoms with Gasteiger partial charge in [-0.05, 0) is 54.1 Å². The first-order valence-corrected chi connectivity index (χ1v) is 8.53. The molecule has 3 rings (SSSR count). The SMILES string of the molecule is COc1ccc(C(=O)Nc2ccc(C(=O)NCc3ccccc3)cc2)cc1. The molecule has 0 atom stereocenters. The van der Waals surface area contributed by atoms with Crippen molar-refractivity contribution in [3.05, 3.63) is 95.6 Å². The second-order valence-corrected chi connectivity index (χ2v) is 5.93. The van der Waals surface area contributed by atoms with Gasteiger partial charge in [-0.1, -0.05) is 30.3 Å². The van der Waals surface area contributed by atoms with E-state index in [1.165, 1.54) is 0 Å². The van der Waals surface area contributed by atoms with Gasteiger partial charge in [0.2, 0.25) is 0 Å². The van der Waals surface area contributed by atoms with E-state index < -0.39 is 0 Å². The quantitative estimate of drug-likeness (QED) is 0.701. The predicted molar refractivity (Wildman–Crippen MR) is 105 cm³/mol. The van der Waals surface area contributed by atoms with E-state index in [2.05, 4.69) is 10.6 Å². The number of amides is 2. The number of nitrogens with one attached hydrogen (secondary N) is 2. The predicted octanol–water partition coefficient (Wildman–Crippen LogP) is 3.88. The minimum absolute atomic E-state index is 0.160. The highest BCUT2D eigenvalue weighted by Gasteiger charge is 2.08. The first-order chi connectivity index (χ1) is 13.2. The second kappa shape index (κ2) is 8.67. The average Bonchev–Trinajstić information content (AvgIpc) is 2.73. The smallest absolute Gasteiger partial charge is 0.255 e. The highest BCUT2D eigenvalue weighted by molar-refractivity contribution is 6.04. The van der Waals surface area contributed by atoms with Crippen molar-refractivity contribution in [2.45, 2.75) is 6.54 Å². The lowest BCUT2D eigenvalue weighted by molar-refractivity contribution is 0.0950. The maximum Gasteiger partial charge on any atom is 0.255 e. The molecule has 3 aromatic carbocycles. The molecule has 27 heavy (non-hydrogen) atoms. The maximum absolute atomic E-state index is 12.3. The fraction of sp³-hybridized carbons (Fsp3) is 0.0909. The fourth-order valence-corrected chi connectivity index (χ4v) is 2.53. The normalized spacial score (nSPS) is 10.1. The molecule has 0 fully saturated rings. The molecule has 2 N–H and O–H groups in total. The largest absolute Gasteiger partial charge is 0.497 e. The highest BCUT2D eigenvalue weighted by atomic mass is 16.5. The Hall–Kier alpha value is -3.60. The molecule has 0 unspecified atom stereocenters. The molecular weight excluding hydrogens is 340 g/mol. The van der Waals surface area contributed by atoms with Crippen LogP contribution < -0.4 is 15.4 Å². The second-order valence-electron chi connectivity index (χ2n) is 5.93. The number of methoxy groups -OCH3 is 1. The van der Waals surface area contributed by atoms with Crippen molar-refractivity contribution in [3.8, 4) is 5.75 Å². The highest BCUT2D eigenvalue weighted by Crippen LogP contribution is 2.14. The fourth-order valence-electron chi connectivity index (χ4n) is 2.53. The van der Waals surface area contributed by atoms with Crippen LogP contribution in [0.15, 0.2) is 78.9 Å². The van der Waals surface area contributed by atoms with Gasteiger partial charge in [-0.25, -0.2) is 0 Å². The summed E-state index contributed by atoms with van der Waals surface area (Å²) in [5.41, 5.74) is 2.72. The van der Waals surface area contributed by atoms with E-state index in [-0.39, 0.29) is 11.8 Å². The Balaban J connectivity index is 1.57. The van der Waals surface area contributed by atoms with Gasteiger partial charge < -0.3 is 15.4 Å². The van der Waals surface area contributed by atoms with Crippen LogP contribution in [0.4, 0.5) is 5.69 Å². The zero-order valence-electron chi connectivity index (χ0n) is 14.9. The minimum Gasteiger partial charge on any atom is -0.497 e. The lowest BCUT2D eigenvalue weighted by Crippen LogP contribution is -2.22. The van der Waals surface area contributed by atoms with Crippen molar-refractivity contribution >= 4 is 17.5 Å². The molecule has 5 heteroatoms. The number of ether oxygens (including phenoxy) is 1. The van der Waals surface area contributed by atoms with Crippen LogP contribution in [-0.4, -0.2) is 18.9 Å². The average molecular weight is 360 g/mol. The Morgan fingerprint density at radius 2 is 1.37 bits per heavy atom. The van der Waals surface area contributed by atoms with Crippen molar-refractivity contribution in [2.24, 2.45) is 0 Å². The molecule has 0 aromatic heterocycles. The Kier molecular flexibility index (Phi) is 5.84. The first kappa shape index (κ1) is 18.2. The summed E-state index contributed by atoms with van der Waals surface area (Å²) in [7, 11) is 1.58. The third-order valence-corrected chi connectivity index (χ3v) is 4.05. The van der Waals surface area contributed by atoms with Crippen molar-refractivity contribution in [2.75, 3.05) is 12.4 Å². The molecule has 0 saturated carbocycles. The summed E-state index contributed by atoms with van der Waals surface area (Å²) in [4.78, 5) is 24.5. The number of hydrogen-bond donors (Lipinski definition) is 2. The lowest BCUT2D eigenvalue weighted by Gasteiger charge is -2.08. The molecule has 0 aliphatic carbocycles. The topological polar surface area (TPSA) is 67.4 Å². The molecule has 0 aliphatic heterocycles. The van der Waals surface area contributed by atoms with E-state index in [9.17, 15) is 9.59 Å². The van der Waals surface area contributed by atoms with Gasteiger partial charge in [0.15, 0.2) is 0 Å². The third-order valence-electron chi connectivity index (χ3n) is 4.05. The number of carbonyl (C=O) groups is 2. The van der Waals surface area contributed by atoms with Crippen LogP contribution in [0, 0.1) is 0 Å². The van der Waals surface area contributed by atoms with Gasteiger partial charge in [-0.15, -0.1) is 0 Å². The summed E-state index contributed by atoms with van der Waals surface area (Å²) < 4.78 is 5.08. The van der Waals surface area contributed by atoms with Crippen molar-refractivity contribution in [1.82, 2.24) is 5.32 Å². The van der Waals surface area contributed by atoms with Crippen LogP contribution in [0.3, 0.4) is 0 Å². The molecule has 5 nitrogen and oxygen atoms in total. The van der Waals surface area contributed by atoms with E-state index in [1.54, 1.807) is 55.6 Å². The minimum atomic E-state index is -0.223. The Morgan fingerprint density at radius 3 is 2.00 bits per heavy atom. The maximum atomic E-state index is 12.3. The van der Waals surface area contributed by atoms with Crippen molar-refractivity contribution < 1.29 is 14.3 Å². The Morgan fingerprint density at radius 1 is 0.778 bits per heavy atom. The number of anilines is 1. The number of rotatable bonds is 6. The summed E-state index contributed by atoms with van der Waals surface area (Å²) in [6.07, 6.45) is 0. The van der Waals surface area contributed by atoms with Gasteiger partial charge >= 0.3 is 0 Å². The monoisotopic (exact) mass is 360 g/mol. The molecule has 0 saturated heterocycles. The summed E-state index contributed by atoms with van der Waals surface area (Å²) >= 11 is 0. The van der Waals surface area contributed by atoms with Crippen molar-refractivity contribution in [3.63, 3.8) is 0 Å². The lowest BCUT2D eigenvalue weighted by atomic mass is 10.1. The molecular formula is C22H20N2O3. The van der Waals surface area contributed by atoms with Crippen LogP contribution >= 0.6 is 0 Å². The van der Waals surface area contributed by atoms with Crippen LogP contribution in [0.25, 0.3) is 0 Å². The van der Waals surface area contributed by atoms with Crippen LogP contribution in [0.2, 0.25) is 0 Å². The standard InChI is InChI=1S/C22H20N2O3/c1-27-20-13-9-18(10-14-20)22(26)24-19-11-7-17(8-12-19)21(25)23-15-16-5-3-2-4-6-16/h2-14H,15H2,1H3,(H,23,25)(H,24,26). The van der Waals surface area contributed by atoms with E-state index in [1.807, 2.05) is 30.3 Å². The Bertz CT molecular complexity index is 905. The number of benzene rings is 3. The molecule has 0 bridgehead atoms. The van der Waals surface area contributed by atoms with E-state index >= 15 is 0 Å². The zero-order valence-corrected chi connectivity index (χ0v) is 14.9. The molecule has 0 spiro atoms. The van der Waals surface area contributed by atoms with E-state index in [0.717, 1.165) is 5.56 Å². The van der Waals surface area contributed by atoms with Gasteiger partial charge in [0.1, 0.15) is 5.75 Å². The molecule has 2 amide bonds. The molecule has 0 radical (unpaired) electrons.